The number of aliphatic hydroxyl groups is 1. The molecule has 1 unspecified atom stereocenters. The lowest BCUT2D eigenvalue weighted by Gasteiger charge is -2.08. The van der Waals surface area contributed by atoms with Crippen molar-refractivity contribution >= 4 is 33.9 Å². The zero-order valence-corrected chi connectivity index (χ0v) is 13.6. The third-order valence-corrected chi connectivity index (χ3v) is 4.67. The predicted molar refractivity (Wildman–Crippen MR) is 88.8 cm³/mol. The van der Waals surface area contributed by atoms with Crippen LogP contribution >= 0.6 is 22.9 Å². The number of hydrogen-bond donors (Lipinski definition) is 2. The number of hydrogen-bond acceptors (Lipinski definition) is 5. The Bertz CT molecular complexity index is 768. The lowest BCUT2D eigenvalue weighted by atomic mass is 10.2. The molecule has 3 aromatic rings. The molecule has 0 fully saturated rings. The van der Waals surface area contributed by atoms with Crippen molar-refractivity contribution in [1.82, 2.24) is 5.32 Å². The Balaban J connectivity index is 1.59. The van der Waals surface area contributed by atoms with E-state index in [9.17, 15) is 5.11 Å². The Morgan fingerprint density at radius 3 is 2.91 bits per heavy atom. The molecule has 1 atom stereocenters. The van der Waals surface area contributed by atoms with Crippen LogP contribution in [0.3, 0.4) is 0 Å². The second-order valence-electron chi connectivity index (χ2n) is 4.91. The first-order valence-electron chi connectivity index (χ1n) is 6.86. The highest BCUT2D eigenvalue weighted by Gasteiger charge is 2.11. The van der Waals surface area contributed by atoms with Crippen LogP contribution in [-0.2, 0) is 6.54 Å². The fraction of sp³-hybridized carbons (Fsp3) is 0.250. The smallest absolute Gasteiger partial charge is 0.134 e. The monoisotopic (exact) mass is 337 g/mol. The summed E-state index contributed by atoms with van der Waals surface area (Å²) < 4.78 is 11.6. The first-order chi connectivity index (χ1) is 10.7. The molecular formula is C16H16ClNO3S. The molecule has 116 valence electrons. The molecule has 2 aromatic heterocycles. The topological polar surface area (TPSA) is 54.6 Å². The highest BCUT2D eigenvalue weighted by atomic mass is 35.5. The van der Waals surface area contributed by atoms with Gasteiger partial charge in [-0.25, -0.2) is 0 Å². The van der Waals surface area contributed by atoms with Gasteiger partial charge in [-0.15, -0.1) is 11.3 Å². The molecule has 22 heavy (non-hydrogen) atoms. The second kappa shape index (κ2) is 6.71. The van der Waals surface area contributed by atoms with Crippen LogP contribution in [0, 0.1) is 0 Å². The zero-order chi connectivity index (χ0) is 15.5. The summed E-state index contributed by atoms with van der Waals surface area (Å²) in [5, 5.41) is 14.3. The van der Waals surface area contributed by atoms with Crippen LogP contribution in [0.1, 0.15) is 16.7 Å². The minimum atomic E-state index is -0.568. The maximum atomic E-state index is 10.1. The second-order valence-corrected chi connectivity index (χ2v) is 6.65. The standard InChI is InChI=1S/C16H16ClNO3S/c1-20-11-2-3-14-10(6-11)7-12(21-14)8-18-9-13(19)15-4-5-16(17)22-15/h2-7,13,18-19H,8-9H2,1H3. The average Bonchev–Trinajstić information content (AvgIpc) is 3.12. The van der Waals surface area contributed by atoms with Crippen molar-refractivity contribution in [2.24, 2.45) is 0 Å². The molecule has 2 N–H and O–H groups in total. The molecule has 2 heterocycles. The quantitative estimate of drug-likeness (QED) is 0.714. The molecule has 0 aliphatic carbocycles. The van der Waals surface area contributed by atoms with Crippen molar-refractivity contribution < 1.29 is 14.3 Å². The Hall–Kier alpha value is -1.53. The SMILES string of the molecule is COc1ccc2oc(CNCC(O)c3ccc(Cl)s3)cc2c1. The van der Waals surface area contributed by atoms with Gasteiger partial charge in [-0.05, 0) is 36.4 Å². The van der Waals surface area contributed by atoms with Crippen LogP contribution in [0.15, 0.2) is 40.8 Å². The van der Waals surface area contributed by atoms with Crippen molar-refractivity contribution in [2.45, 2.75) is 12.6 Å². The summed E-state index contributed by atoms with van der Waals surface area (Å²) in [6, 6.07) is 11.3. The van der Waals surface area contributed by atoms with Crippen LogP contribution < -0.4 is 10.1 Å². The number of aliphatic hydroxyl groups excluding tert-OH is 1. The molecular weight excluding hydrogens is 322 g/mol. The maximum Gasteiger partial charge on any atom is 0.134 e. The van der Waals surface area contributed by atoms with E-state index in [1.165, 1.54) is 11.3 Å². The molecule has 1 aromatic carbocycles. The lowest BCUT2D eigenvalue weighted by molar-refractivity contribution is 0.177. The zero-order valence-electron chi connectivity index (χ0n) is 12.0. The van der Waals surface area contributed by atoms with Crippen LogP contribution in [0.4, 0.5) is 0 Å². The molecule has 3 rings (SSSR count). The third-order valence-electron chi connectivity index (χ3n) is 3.33. The Morgan fingerprint density at radius 1 is 1.32 bits per heavy atom. The first-order valence-corrected chi connectivity index (χ1v) is 8.05. The lowest BCUT2D eigenvalue weighted by Crippen LogP contribution is -2.20. The molecule has 4 nitrogen and oxygen atoms in total. The number of methoxy groups -OCH3 is 1. The number of ether oxygens (including phenoxy) is 1. The number of halogens is 1. The Morgan fingerprint density at radius 2 is 2.18 bits per heavy atom. The average molecular weight is 338 g/mol. The summed E-state index contributed by atoms with van der Waals surface area (Å²) in [6.07, 6.45) is -0.568. The van der Waals surface area contributed by atoms with E-state index in [-0.39, 0.29) is 0 Å². The fourth-order valence-electron chi connectivity index (χ4n) is 2.23. The van der Waals surface area contributed by atoms with Gasteiger partial charge >= 0.3 is 0 Å². The van der Waals surface area contributed by atoms with Gasteiger partial charge < -0.3 is 19.6 Å². The minimum absolute atomic E-state index is 0.442. The van der Waals surface area contributed by atoms with E-state index in [1.807, 2.05) is 30.3 Å². The van der Waals surface area contributed by atoms with E-state index in [4.69, 9.17) is 20.8 Å². The van der Waals surface area contributed by atoms with Crippen LogP contribution in [0.25, 0.3) is 11.0 Å². The van der Waals surface area contributed by atoms with Gasteiger partial charge in [-0.3, -0.25) is 0 Å². The molecule has 6 heteroatoms. The van der Waals surface area contributed by atoms with Gasteiger partial charge in [-0.1, -0.05) is 11.6 Å². The molecule has 0 radical (unpaired) electrons. The Kier molecular flexibility index (Phi) is 4.69. The fourth-order valence-corrected chi connectivity index (χ4v) is 3.28. The van der Waals surface area contributed by atoms with Crippen LogP contribution in [0.5, 0.6) is 5.75 Å². The molecule has 0 spiro atoms. The van der Waals surface area contributed by atoms with E-state index in [0.717, 1.165) is 27.4 Å². The highest BCUT2D eigenvalue weighted by molar-refractivity contribution is 7.16. The van der Waals surface area contributed by atoms with Gasteiger partial charge in [0.2, 0.25) is 0 Å². The van der Waals surface area contributed by atoms with Gasteiger partial charge in [0, 0.05) is 16.8 Å². The molecule has 0 bridgehead atoms. The number of rotatable bonds is 6. The van der Waals surface area contributed by atoms with Crippen molar-refractivity contribution in [3.63, 3.8) is 0 Å². The Labute approximate surface area is 137 Å². The molecule has 0 aliphatic rings. The summed E-state index contributed by atoms with van der Waals surface area (Å²) in [5.41, 5.74) is 0.822. The van der Waals surface area contributed by atoms with Gasteiger partial charge in [0.25, 0.3) is 0 Å². The van der Waals surface area contributed by atoms with E-state index in [2.05, 4.69) is 5.32 Å². The van der Waals surface area contributed by atoms with Gasteiger partial charge in [0.15, 0.2) is 0 Å². The number of benzene rings is 1. The third kappa shape index (κ3) is 3.44. The summed E-state index contributed by atoms with van der Waals surface area (Å²) in [6.45, 7) is 0.990. The van der Waals surface area contributed by atoms with Crippen molar-refractivity contribution in [2.75, 3.05) is 13.7 Å². The van der Waals surface area contributed by atoms with Gasteiger partial charge in [0.1, 0.15) is 23.2 Å². The first kappa shape index (κ1) is 15.4. The number of thiophene rings is 1. The van der Waals surface area contributed by atoms with Crippen LogP contribution in [-0.4, -0.2) is 18.8 Å². The van der Waals surface area contributed by atoms with Gasteiger partial charge in [-0.2, -0.15) is 0 Å². The summed E-state index contributed by atoms with van der Waals surface area (Å²) in [5.74, 6) is 1.62. The molecule has 0 aliphatic heterocycles. The summed E-state index contributed by atoms with van der Waals surface area (Å²) in [4.78, 5) is 0.854. The minimum Gasteiger partial charge on any atom is -0.497 e. The summed E-state index contributed by atoms with van der Waals surface area (Å²) in [7, 11) is 1.64. The number of fused-ring (bicyclic) bond motifs is 1. The highest BCUT2D eigenvalue weighted by Crippen LogP contribution is 2.27. The maximum absolute atomic E-state index is 10.1. The van der Waals surface area contributed by atoms with E-state index < -0.39 is 6.10 Å². The van der Waals surface area contributed by atoms with E-state index in [0.29, 0.717) is 17.4 Å². The summed E-state index contributed by atoms with van der Waals surface area (Å²) >= 11 is 7.25. The number of nitrogens with one attached hydrogen (secondary N) is 1. The van der Waals surface area contributed by atoms with Crippen LogP contribution in [0.2, 0.25) is 4.34 Å². The molecule has 0 amide bonds. The van der Waals surface area contributed by atoms with Crippen molar-refractivity contribution in [3.8, 4) is 5.75 Å². The van der Waals surface area contributed by atoms with E-state index >= 15 is 0 Å². The van der Waals surface area contributed by atoms with Crippen molar-refractivity contribution in [3.05, 3.63) is 51.4 Å². The van der Waals surface area contributed by atoms with Gasteiger partial charge in [0.05, 0.1) is 18.0 Å². The predicted octanol–water partition coefficient (Wildman–Crippen LogP) is 3.98. The molecule has 0 saturated heterocycles. The van der Waals surface area contributed by atoms with Crippen molar-refractivity contribution in [1.29, 1.82) is 0 Å². The van der Waals surface area contributed by atoms with E-state index in [1.54, 1.807) is 13.2 Å². The largest absolute Gasteiger partial charge is 0.497 e. The molecule has 0 saturated carbocycles. The normalized spacial score (nSPS) is 12.7. The number of furan rings is 1.